The smallest absolute Gasteiger partial charge is 0.303 e. The van der Waals surface area contributed by atoms with Crippen LogP contribution in [0.25, 0.3) is 0 Å². The number of carboxylic acids is 1. The third-order valence-electron chi connectivity index (χ3n) is 3.06. The first kappa shape index (κ1) is 10.0. The lowest BCUT2D eigenvalue weighted by atomic mass is 9.97. The number of carbonyl (C=O) groups is 1. The van der Waals surface area contributed by atoms with Crippen LogP contribution in [0, 0.1) is 5.92 Å². The Morgan fingerprint density at radius 2 is 2.25 bits per heavy atom. The van der Waals surface area contributed by atoms with E-state index >= 15 is 0 Å². The van der Waals surface area contributed by atoms with Crippen LogP contribution in [0.2, 0.25) is 0 Å². The van der Waals surface area contributed by atoms with Crippen molar-refractivity contribution in [1.29, 1.82) is 0 Å². The molecule has 2 aliphatic rings. The minimum absolute atomic E-state index is 0.269. The maximum absolute atomic E-state index is 10.5. The average molecular weight is 239 g/mol. The van der Waals surface area contributed by atoms with Crippen LogP contribution in [0.15, 0.2) is 0 Å². The van der Waals surface area contributed by atoms with E-state index in [4.69, 9.17) is 5.11 Å². The second kappa shape index (κ2) is 3.69. The van der Waals surface area contributed by atoms with E-state index in [1.165, 1.54) is 24.4 Å². The molecule has 1 aliphatic carbocycles. The fourth-order valence-electron chi connectivity index (χ4n) is 1.96. The predicted molar refractivity (Wildman–Crippen MR) is 59.8 cm³/mol. The van der Waals surface area contributed by atoms with E-state index in [-0.39, 0.29) is 12.3 Å². The predicted octanol–water partition coefficient (Wildman–Crippen LogP) is 1.33. The van der Waals surface area contributed by atoms with E-state index in [0.717, 1.165) is 24.0 Å². The van der Waals surface area contributed by atoms with Crippen LogP contribution in [0.5, 0.6) is 0 Å². The normalized spacial score (nSPS) is 20.9. The Kier molecular flexibility index (Phi) is 2.31. The van der Waals surface area contributed by atoms with Gasteiger partial charge in [-0.3, -0.25) is 4.79 Å². The molecule has 1 aromatic rings. The Morgan fingerprint density at radius 1 is 1.50 bits per heavy atom. The summed E-state index contributed by atoms with van der Waals surface area (Å²) in [6.45, 7) is 1.62. The van der Waals surface area contributed by atoms with Crippen molar-refractivity contribution in [2.24, 2.45) is 5.92 Å². The monoisotopic (exact) mass is 239 g/mol. The summed E-state index contributed by atoms with van der Waals surface area (Å²) in [6.07, 6.45) is 2.71. The molecular weight excluding hydrogens is 226 g/mol. The fraction of sp³-hybridized carbons (Fsp3) is 0.700. The highest BCUT2D eigenvalue weighted by Crippen LogP contribution is 2.40. The molecule has 1 aromatic heterocycles. The molecule has 0 unspecified atom stereocenters. The molecule has 1 saturated heterocycles. The molecule has 86 valence electrons. The van der Waals surface area contributed by atoms with E-state index in [9.17, 15) is 4.79 Å². The SMILES string of the molecule is O=C(O)CC1CN(c2nc(C3CC3)ns2)C1. The molecule has 0 atom stereocenters. The first-order valence-electron chi connectivity index (χ1n) is 5.52. The highest BCUT2D eigenvalue weighted by atomic mass is 32.1. The van der Waals surface area contributed by atoms with Gasteiger partial charge < -0.3 is 10.0 Å². The number of aromatic nitrogens is 2. The highest BCUT2D eigenvalue weighted by molar-refractivity contribution is 7.09. The summed E-state index contributed by atoms with van der Waals surface area (Å²) in [5.41, 5.74) is 0. The summed E-state index contributed by atoms with van der Waals surface area (Å²) in [5, 5.41) is 9.61. The molecule has 2 heterocycles. The van der Waals surface area contributed by atoms with Crippen molar-refractivity contribution in [3.05, 3.63) is 5.82 Å². The van der Waals surface area contributed by atoms with Crippen LogP contribution < -0.4 is 4.90 Å². The van der Waals surface area contributed by atoms with Gasteiger partial charge in [0.1, 0.15) is 5.82 Å². The van der Waals surface area contributed by atoms with Crippen molar-refractivity contribution >= 4 is 22.6 Å². The lowest BCUT2D eigenvalue weighted by molar-refractivity contribution is -0.138. The van der Waals surface area contributed by atoms with E-state index in [1.54, 1.807) is 0 Å². The Balaban J connectivity index is 1.56. The van der Waals surface area contributed by atoms with Crippen LogP contribution in [0.3, 0.4) is 0 Å². The zero-order valence-corrected chi connectivity index (χ0v) is 9.61. The molecule has 1 aliphatic heterocycles. The molecule has 5 nitrogen and oxygen atoms in total. The quantitative estimate of drug-likeness (QED) is 0.858. The van der Waals surface area contributed by atoms with Gasteiger partial charge in [0, 0.05) is 36.5 Å². The summed E-state index contributed by atoms with van der Waals surface area (Å²) in [7, 11) is 0. The Hall–Kier alpha value is -1.17. The maximum Gasteiger partial charge on any atom is 0.303 e. The van der Waals surface area contributed by atoms with E-state index < -0.39 is 5.97 Å². The van der Waals surface area contributed by atoms with Gasteiger partial charge in [-0.15, -0.1) is 0 Å². The number of anilines is 1. The third-order valence-corrected chi connectivity index (χ3v) is 3.86. The topological polar surface area (TPSA) is 66.3 Å². The summed E-state index contributed by atoms with van der Waals surface area (Å²) in [4.78, 5) is 17.1. The Morgan fingerprint density at radius 3 is 2.88 bits per heavy atom. The molecule has 2 fully saturated rings. The van der Waals surface area contributed by atoms with Crippen molar-refractivity contribution in [2.45, 2.75) is 25.2 Å². The van der Waals surface area contributed by atoms with Gasteiger partial charge in [0.15, 0.2) is 0 Å². The summed E-state index contributed by atoms with van der Waals surface area (Å²) < 4.78 is 4.34. The van der Waals surface area contributed by atoms with Crippen molar-refractivity contribution in [3.63, 3.8) is 0 Å². The van der Waals surface area contributed by atoms with Crippen LogP contribution in [-0.2, 0) is 4.79 Å². The summed E-state index contributed by atoms with van der Waals surface area (Å²) in [5.74, 6) is 1.16. The molecule has 16 heavy (non-hydrogen) atoms. The number of hydrogen-bond acceptors (Lipinski definition) is 5. The molecule has 1 saturated carbocycles. The van der Waals surface area contributed by atoms with E-state index in [1.807, 2.05) is 0 Å². The van der Waals surface area contributed by atoms with Crippen LogP contribution >= 0.6 is 11.5 Å². The minimum atomic E-state index is -0.708. The van der Waals surface area contributed by atoms with Crippen LogP contribution in [-0.4, -0.2) is 33.5 Å². The first-order chi connectivity index (χ1) is 7.72. The van der Waals surface area contributed by atoms with Gasteiger partial charge in [-0.25, -0.2) is 4.98 Å². The molecule has 1 N–H and O–H groups in total. The second-order valence-electron chi connectivity index (χ2n) is 4.58. The molecule has 6 heteroatoms. The molecule has 3 rings (SSSR count). The largest absolute Gasteiger partial charge is 0.481 e. The van der Waals surface area contributed by atoms with Gasteiger partial charge >= 0.3 is 5.97 Å². The number of carboxylic acid groups (broad SMARTS) is 1. The first-order valence-corrected chi connectivity index (χ1v) is 6.30. The minimum Gasteiger partial charge on any atom is -0.481 e. The van der Waals surface area contributed by atoms with Gasteiger partial charge in [0.05, 0.1) is 6.42 Å². The van der Waals surface area contributed by atoms with Gasteiger partial charge in [0.25, 0.3) is 0 Å². The molecule has 0 aromatic carbocycles. The lowest BCUT2D eigenvalue weighted by Crippen LogP contribution is -2.47. The van der Waals surface area contributed by atoms with Gasteiger partial charge in [-0.1, -0.05) is 0 Å². The van der Waals surface area contributed by atoms with E-state index in [2.05, 4.69) is 14.3 Å². The molecule has 0 amide bonds. The molecule has 0 radical (unpaired) electrons. The summed E-state index contributed by atoms with van der Waals surface area (Å²) >= 11 is 1.44. The number of aliphatic carboxylic acids is 1. The number of hydrogen-bond donors (Lipinski definition) is 1. The van der Waals surface area contributed by atoms with Crippen molar-refractivity contribution in [2.75, 3.05) is 18.0 Å². The van der Waals surface area contributed by atoms with Gasteiger partial charge in [0.2, 0.25) is 5.13 Å². The van der Waals surface area contributed by atoms with Crippen molar-refractivity contribution in [1.82, 2.24) is 9.36 Å². The third kappa shape index (κ3) is 1.89. The maximum atomic E-state index is 10.5. The Bertz CT molecular complexity index is 410. The zero-order chi connectivity index (χ0) is 11.1. The van der Waals surface area contributed by atoms with Gasteiger partial charge in [-0.2, -0.15) is 4.37 Å². The fourth-order valence-corrected chi connectivity index (χ4v) is 2.73. The van der Waals surface area contributed by atoms with E-state index in [0.29, 0.717) is 5.92 Å². The highest BCUT2D eigenvalue weighted by Gasteiger charge is 2.33. The molecule has 0 bridgehead atoms. The van der Waals surface area contributed by atoms with Crippen molar-refractivity contribution < 1.29 is 9.90 Å². The zero-order valence-electron chi connectivity index (χ0n) is 8.80. The lowest BCUT2D eigenvalue weighted by Gasteiger charge is -2.37. The molecule has 0 spiro atoms. The average Bonchev–Trinajstić information content (AvgIpc) is 2.91. The van der Waals surface area contributed by atoms with Gasteiger partial charge in [-0.05, 0) is 12.8 Å². The summed E-state index contributed by atoms with van der Waals surface area (Å²) in [6, 6.07) is 0. The number of nitrogens with zero attached hydrogens (tertiary/aromatic N) is 3. The standard InChI is InChI=1S/C10H13N3O2S/c14-8(15)3-6-4-13(5-6)10-11-9(12-16-10)7-1-2-7/h6-7H,1-5H2,(H,14,15). The van der Waals surface area contributed by atoms with Crippen LogP contribution in [0.4, 0.5) is 5.13 Å². The van der Waals surface area contributed by atoms with Crippen molar-refractivity contribution in [3.8, 4) is 0 Å². The Labute approximate surface area is 97.3 Å². The van der Waals surface area contributed by atoms with Crippen LogP contribution in [0.1, 0.15) is 31.0 Å². The number of rotatable bonds is 4. The molecular formula is C10H13N3O2S. The second-order valence-corrected chi connectivity index (χ2v) is 5.31.